The predicted molar refractivity (Wildman–Crippen MR) is 122 cm³/mol. The summed E-state index contributed by atoms with van der Waals surface area (Å²) in [5.41, 5.74) is 5.36. The largest absolute Gasteiger partial charge is 0.468 e. The molecule has 5 heteroatoms. The topological polar surface area (TPSA) is 64.6 Å². The fourth-order valence-electron chi connectivity index (χ4n) is 3.55. The van der Waals surface area contributed by atoms with Gasteiger partial charge < -0.3 is 14.8 Å². The third-order valence-corrected chi connectivity index (χ3v) is 5.38. The van der Waals surface area contributed by atoms with E-state index in [0.29, 0.717) is 6.54 Å². The number of ether oxygens (including phenoxy) is 2. The summed E-state index contributed by atoms with van der Waals surface area (Å²) in [5.74, 6) is -2.55. The van der Waals surface area contributed by atoms with Gasteiger partial charge in [0.1, 0.15) is 0 Å². The molecule has 1 unspecified atom stereocenters. The highest BCUT2D eigenvalue weighted by Crippen LogP contribution is 2.28. The number of carbonyl (C=O) groups excluding carboxylic acids is 2. The lowest BCUT2D eigenvalue weighted by Gasteiger charge is -2.20. The lowest BCUT2D eigenvalue weighted by atomic mass is 9.87. The smallest absolute Gasteiger partial charge is 0.320 e. The van der Waals surface area contributed by atoms with Crippen LogP contribution in [0.4, 0.5) is 5.69 Å². The Bertz CT molecular complexity index is 999. The van der Waals surface area contributed by atoms with Crippen molar-refractivity contribution >= 4 is 17.6 Å². The average molecular weight is 418 g/mol. The first-order chi connectivity index (χ1) is 15.0. The van der Waals surface area contributed by atoms with Crippen molar-refractivity contribution in [2.45, 2.75) is 19.4 Å². The SMILES string of the molecule is COC(=O)C(C(=O)OC)C(C)c1ccc(NCc2cccc(-c3ccccc3)c2)cc1. The van der Waals surface area contributed by atoms with Crippen LogP contribution in [0, 0.1) is 5.92 Å². The minimum Gasteiger partial charge on any atom is -0.468 e. The molecule has 0 aliphatic rings. The zero-order chi connectivity index (χ0) is 22.2. The van der Waals surface area contributed by atoms with Crippen molar-refractivity contribution in [3.05, 3.63) is 90.0 Å². The molecule has 0 fully saturated rings. The number of benzene rings is 3. The Kier molecular flexibility index (Phi) is 7.44. The molecule has 1 N–H and O–H groups in total. The first-order valence-corrected chi connectivity index (χ1v) is 10.2. The summed E-state index contributed by atoms with van der Waals surface area (Å²) >= 11 is 0. The summed E-state index contributed by atoms with van der Waals surface area (Å²) in [6.45, 7) is 2.50. The van der Waals surface area contributed by atoms with Crippen molar-refractivity contribution in [2.75, 3.05) is 19.5 Å². The van der Waals surface area contributed by atoms with Crippen LogP contribution in [0.15, 0.2) is 78.9 Å². The fourth-order valence-corrected chi connectivity index (χ4v) is 3.55. The van der Waals surface area contributed by atoms with Gasteiger partial charge in [-0.25, -0.2) is 0 Å². The predicted octanol–water partition coefficient (Wildman–Crippen LogP) is 5.03. The van der Waals surface area contributed by atoms with E-state index in [1.807, 2.05) is 49.4 Å². The number of hydrogen-bond donors (Lipinski definition) is 1. The number of rotatable bonds is 8. The normalized spacial score (nSPS) is 11.6. The van der Waals surface area contributed by atoms with Gasteiger partial charge in [-0.3, -0.25) is 9.59 Å². The van der Waals surface area contributed by atoms with Crippen molar-refractivity contribution in [3.8, 4) is 11.1 Å². The van der Waals surface area contributed by atoms with Gasteiger partial charge in [0.25, 0.3) is 0 Å². The maximum absolute atomic E-state index is 12.0. The fraction of sp³-hybridized carbons (Fsp3) is 0.231. The van der Waals surface area contributed by atoms with E-state index in [2.05, 4.69) is 41.7 Å². The van der Waals surface area contributed by atoms with Gasteiger partial charge in [0.15, 0.2) is 5.92 Å². The Morgan fingerprint density at radius 1 is 0.806 bits per heavy atom. The highest BCUT2D eigenvalue weighted by atomic mass is 16.5. The van der Waals surface area contributed by atoms with E-state index >= 15 is 0 Å². The first kappa shape index (κ1) is 22.1. The van der Waals surface area contributed by atoms with Crippen LogP contribution in [-0.2, 0) is 25.6 Å². The summed E-state index contributed by atoms with van der Waals surface area (Å²) in [5, 5.41) is 3.42. The van der Waals surface area contributed by atoms with Gasteiger partial charge >= 0.3 is 11.9 Å². The first-order valence-electron chi connectivity index (χ1n) is 10.2. The second-order valence-electron chi connectivity index (χ2n) is 7.35. The second kappa shape index (κ2) is 10.4. The highest BCUT2D eigenvalue weighted by molar-refractivity contribution is 5.95. The summed E-state index contributed by atoms with van der Waals surface area (Å²) in [6.07, 6.45) is 0. The molecule has 0 aliphatic heterocycles. The Morgan fingerprint density at radius 2 is 1.42 bits per heavy atom. The van der Waals surface area contributed by atoms with Crippen molar-refractivity contribution in [2.24, 2.45) is 5.92 Å². The maximum Gasteiger partial charge on any atom is 0.320 e. The van der Waals surface area contributed by atoms with Gasteiger partial charge in [-0.05, 0) is 40.5 Å². The lowest BCUT2D eigenvalue weighted by Crippen LogP contribution is -2.31. The van der Waals surface area contributed by atoms with Gasteiger partial charge in [0, 0.05) is 18.2 Å². The molecule has 1 atom stereocenters. The van der Waals surface area contributed by atoms with Crippen molar-refractivity contribution in [1.82, 2.24) is 0 Å². The summed E-state index contributed by atoms with van der Waals surface area (Å²) in [4.78, 5) is 24.1. The molecule has 0 radical (unpaired) electrons. The average Bonchev–Trinajstić information content (AvgIpc) is 2.83. The van der Waals surface area contributed by atoms with Gasteiger partial charge in [-0.1, -0.05) is 67.6 Å². The summed E-state index contributed by atoms with van der Waals surface area (Å²) < 4.78 is 9.56. The lowest BCUT2D eigenvalue weighted by molar-refractivity contribution is -0.159. The molecule has 0 amide bonds. The Balaban J connectivity index is 1.67. The van der Waals surface area contributed by atoms with E-state index in [1.165, 1.54) is 30.9 Å². The van der Waals surface area contributed by atoms with Crippen molar-refractivity contribution < 1.29 is 19.1 Å². The zero-order valence-corrected chi connectivity index (χ0v) is 18.0. The van der Waals surface area contributed by atoms with Gasteiger partial charge in [-0.2, -0.15) is 0 Å². The van der Waals surface area contributed by atoms with E-state index in [4.69, 9.17) is 9.47 Å². The molecule has 0 saturated carbocycles. The molecule has 5 nitrogen and oxygen atoms in total. The zero-order valence-electron chi connectivity index (χ0n) is 18.0. The molecule has 0 bridgehead atoms. The molecule has 160 valence electrons. The molecule has 0 aromatic heterocycles. The number of nitrogens with one attached hydrogen (secondary N) is 1. The van der Waals surface area contributed by atoms with Crippen LogP contribution < -0.4 is 5.32 Å². The number of methoxy groups -OCH3 is 2. The third-order valence-electron chi connectivity index (χ3n) is 5.38. The minimum atomic E-state index is -0.991. The highest BCUT2D eigenvalue weighted by Gasteiger charge is 2.35. The van der Waals surface area contributed by atoms with Crippen LogP contribution in [0.1, 0.15) is 24.0 Å². The van der Waals surface area contributed by atoms with Crippen LogP contribution >= 0.6 is 0 Å². The maximum atomic E-state index is 12.0. The van der Waals surface area contributed by atoms with Crippen LogP contribution in [-0.4, -0.2) is 26.2 Å². The Hall–Kier alpha value is -3.60. The molecule has 3 aromatic rings. The molecular weight excluding hydrogens is 390 g/mol. The van der Waals surface area contributed by atoms with Gasteiger partial charge in [0.05, 0.1) is 14.2 Å². The standard InChI is InChI=1S/C26H27NO4/c1-18(24(25(28)30-2)26(29)31-3)20-12-14-23(15-13-20)27-17-19-8-7-11-22(16-19)21-9-5-4-6-10-21/h4-16,18,24,27H,17H2,1-3H3. The Morgan fingerprint density at radius 3 is 2.03 bits per heavy atom. The quantitative estimate of drug-likeness (QED) is 0.411. The van der Waals surface area contributed by atoms with E-state index < -0.39 is 17.9 Å². The van der Waals surface area contributed by atoms with E-state index in [9.17, 15) is 9.59 Å². The van der Waals surface area contributed by atoms with Gasteiger partial charge in [-0.15, -0.1) is 0 Å². The Labute approximate surface area is 183 Å². The molecule has 0 spiro atoms. The molecule has 0 heterocycles. The van der Waals surface area contributed by atoms with E-state index in [1.54, 1.807) is 0 Å². The van der Waals surface area contributed by atoms with Crippen molar-refractivity contribution in [3.63, 3.8) is 0 Å². The molecular formula is C26H27NO4. The van der Waals surface area contributed by atoms with E-state index in [0.717, 1.165) is 11.3 Å². The van der Waals surface area contributed by atoms with Crippen LogP contribution in [0.5, 0.6) is 0 Å². The van der Waals surface area contributed by atoms with Crippen LogP contribution in [0.3, 0.4) is 0 Å². The van der Waals surface area contributed by atoms with Crippen LogP contribution in [0.25, 0.3) is 11.1 Å². The number of esters is 2. The second-order valence-corrected chi connectivity index (χ2v) is 7.35. The van der Waals surface area contributed by atoms with Crippen LogP contribution in [0.2, 0.25) is 0 Å². The number of hydrogen-bond acceptors (Lipinski definition) is 5. The number of anilines is 1. The minimum absolute atomic E-state index is 0.364. The molecule has 0 saturated heterocycles. The van der Waals surface area contributed by atoms with Gasteiger partial charge in [0.2, 0.25) is 0 Å². The molecule has 31 heavy (non-hydrogen) atoms. The van der Waals surface area contributed by atoms with E-state index in [-0.39, 0.29) is 5.92 Å². The number of carbonyl (C=O) groups is 2. The molecule has 3 aromatic carbocycles. The monoisotopic (exact) mass is 417 g/mol. The van der Waals surface area contributed by atoms with Crippen molar-refractivity contribution in [1.29, 1.82) is 0 Å². The summed E-state index contributed by atoms with van der Waals surface area (Å²) in [6, 6.07) is 26.4. The third kappa shape index (κ3) is 5.51. The molecule has 0 aliphatic carbocycles. The molecule has 3 rings (SSSR count). The summed E-state index contributed by atoms with van der Waals surface area (Å²) in [7, 11) is 2.54.